The standard InChI is InChI=1S/C13H15F3N2O3/c14-13(15,16)9-2-1-3-10(6-9)17-12(20)18-4-5-21-8-11(18)7-19/h1-3,6,11,19H,4-5,7-8H2,(H,17,20). The number of aliphatic hydroxyl groups is 1. The average molecular weight is 304 g/mol. The fraction of sp³-hybridized carbons (Fsp3) is 0.462. The van der Waals surface area contributed by atoms with Gasteiger partial charge in [0.2, 0.25) is 0 Å². The first-order valence-electron chi connectivity index (χ1n) is 6.35. The first-order valence-corrected chi connectivity index (χ1v) is 6.35. The molecule has 1 heterocycles. The van der Waals surface area contributed by atoms with Crippen molar-refractivity contribution in [2.45, 2.75) is 12.2 Å². The number of nitrogens with zero attached hydrogens (tertiary/aromatic N) is 1. The van der Waals surface area contributed by atoms with Crippen molar-refractivity contribution in [3.63, 3.8) is 0 Å². The molecule has 0 radical (unpaired) electrons. The number of benzene rings is 1. The van der Waals surface area contributed by atoms with Gasteiger partial charge in [0, 0.05) is 12.2 Å². The summed E-state index contributed by atoms with van der Waals surface area (Å²) in [6.45, 7) is 0.533. The van der Waals surface area contributed by atoms with E-state index in [4.69, 9.17) is 4.74 Å². The molecule has 1 fully saturated rings. The zero-order valence-electron chi connectivity index (χ0n) is 11.1. The number of amides is 2. The summed E-state index contributed by atoms with van der Waals surface area (Å²) in [5.74, 6) is 0. The molecule has 8 heteroatoms. The second-order valence-corrected chi connectivity index (χ2v) is 4.61. The molecule has 2 N–H and O–H groups in total. The van der Waals surface area contributed by atoms with Gasteiger partial charge in [0.1, 0.15) is 0 Å². The lowest BCUT2D eigenvalue weighted by Gasteiger charge is -2.34. The molecular weight excluding hydrogens is 289 g/mol. The molecule has 116 valence electrons. The van der Waals surface area contributed by atoms with Gasteiger partial charge in [-0.3, -0.25) is 0 Å². The minimum absolute atomic E-state index is 0.0537. The second-order valence-electron chi connectivity index (χ2n) is 4.61. The predicted molar refractivity (Wildman–Crippen MR) is 68.9 cm³/mol. The fourth-order valence-electron chi connectivity index (χ4n) is 2.04. The Balaban J connectivity index is 2.08. The van der Waals surface area contributed by atoms with Crippen LogP contribution >= 0.6 is 0 Å². The van der Waals surface area contributed by atoms with Crippen molar-refractivity contribution in [2.75, 3.05) is 31.7 Å². The van der Waals surface area contributed by atoms with Crippen LogP contribution in [0.4, 0.5) is 23.7 Å². The molecule has 0 bridgehead atoms. The Kier molecular flexibility index (Phi) is 4.69. The third kappa shape index (κ3) is 3.85. The number of rotatable bonds is 2. The van der Waals surface area contributed by atoms with Crippen molar-refractivity contribution in [2.24, 2.45) is 0 Å². The monoisotopic (exact) mass is 304 g/mol. The van der Waals surface area contributed by atoms with E-state index in [0.717, 1.165) is 12.1 Å². The van der Waals surface area contributed by atoms with Crippen molar-refractivity contribution in [3.8, 4) is 0 Å². The maximum absolute atomic E-state index is 12.6. The number of carbonyl (C=O) groups excluding carboxylic acids is 1. The van der Waals surface area contributed by atoms with Gasteiger partial charge >= 0.3 is 12.2 Å². The number of anilines is 1. The Morgan fingerprint density at radius 1 is 1.48 bits per heavy atom. The summed E-state index contributed by atoms with van der Waals surface area (Å²) in [6, 6.07) is 3.34. The molecule has 1 saturated heterocycles. The lowest BCUT2D eigenvalue weighted by molar-refractivity contribution is -0.137. The number of aliphatic hydroxyl groups excluding tert-OH is 1. The third-order valence-corrected chi connectivity index (χ3v) is 3.14. The number of carbonyl (C=O) groups is 1. The van der Waals surface area contributed by atoms with Crippen LogP contribution in [0.1, 0.15) is 5.56 Å². The van der Waals surface area contributed by atoms with Gasteiger partial charge in [-0.05, 0) is 18.2 Å². The van der Waals surface area contributed by atoms with E-state index in [1.54, 1.807) is 0 Å². The zero-order chi connectivity index (χ0) is 15.5. The van der Waals surface area contributed by atoms with Crippen LogP contribution in [0.25, 0.3) is 0 Å². The van der Waals surface area contributed by atoms with Crippen LogP contribution in [0, 0.1) is 0 Å². The molecule has 2 rings (SSSR count). The quantitative estimate of drug-likeness (QED) is 0.877. The Bertz CT molecular complexity index is 508. The Morgan fingerprint density at radius 3 is 2.90 bits per heavy atom. The van der Waals surface area contributed by atoms with Gasteiger partial charge in [0.25, 0.3) is 0 Å². The molecule has 1 aliphatic rings. The molecule has 1 aromatic carbocycles. The van der Waals surface area contributed by atoms with E-state index in [2.05, 4.69) is 5.32 Å². The number of halogens is 3. The third-order valence-electron chi connectivity index (χ3n) is 3.14. The van der Waals surface area contributed by atoms with Crippen molar-refractivity contribution >= 4 is 11.7 Å². The molecule has 0 aromatic heterocycles. The van der Waals surface area contributed by atoms with Crippen LogP contribution in [0.2, 0.25) is 0 Å². The summed E-state index contributed by atoms with van der Waals surface area (Å²) in [7, 11) is 0. The van der Waals surface area contributed by atoms with Gasteiger partial charge in [0.15, 0.2) is 0 Å². The van der Waals surface area contributed by atoms with Crippen molar-refractivity contribution in [1.29, 1.82) is 0 Å². The van der Waals surface area contributed by atoms with Gasteiger partial charge in [-0.25, -0.2) is 4.79 Å². The predicted octanol–water partition coefficient (Wildman–Crippen LogP) is 1.93. The summed E-state index contributed by atoms with van der Waals surface area (Å²) < 4.78 is 42.9. The van der Waals surface area contributed by atoms with E-state index in [1.807, 2.05) is 0 Å². The highest BCUT2D eigenvalue weighted by atomic mass is 19.4. The topological polar surface area (TPSA) is 61.8 Å². The molecule has 1 aliphatic heterocycles. The largest absolute Gasteiger partial charge is 0.416 e. The number of urea groups is 1. The normalized spacial score (nSPS) is 19.4. The van der Waals surface area contributed by atoms with Gasteiger partial charge < -0.3 is 20.1 Å². The molecule has 1 unspecified atom stereocenters. The lowest BCUT2D eigenvalue weighted by atomic mass is 10.2. The molecule has 0 spiro atoms. The highest BCUT2D eigenvalue weighted by molar-refractivity contribution is 5.89. The van der Waals surface area contributed by atoms with E-state index < -0.39 is 23.8 Å². The van der Waals surface area contributed by atoms with Gasteiger partial charge in [-0.2, -0.15) is 13.2 Å². The molecule has 21 heavy (non-hydrogen) atoms. The van der Waals surface area contributed by atoms with Crippen molar-refractivity contribution in [1.82, 2.24) is 4.90 Å². The minimum Gasteiger partial charge on any atom is -0.394 e. The number of morpholine rings is 1. The first-order chi connectivity index (χ1) is 9.91. The molecule has 0 saturated carbocycles. The molecule has 0 aliphatic carbocycles. The van der Waals surface area contributed by atoms with Crippen LogP contribution in [-0.2, 0) is 10.9 Å². The highest BCUT2D eigenvalue weighted by Gasteiger charge is 2.31. The van der Waals surface area contributed by atoms with Crippen LogP contribution in [-0.4, -0.2) is 48.4 Å². The summed E-state index contributed by atoms with van der Waals surface area (Å²) >= 11 is 0. The fourth-order valence-corrected chi connectivity index (χ4v) is 2.04. The van der Waals surface area contributed by atoms with Crippen LogP contribution < -0.4 is 5.32 Å². The van der Waals surface area contributed by atoms with Crippen LogP contribution in [0.5, 0.6) is 0 Å². The van der Waals surface area contributed by atoms with E-state index in [9.17, 15) is 23.1 Å². The zero-order valence-corrected chi connectivity index (χ0v) is 11.1. The maximum Gasteiger partial charge on any atom is 0.416 e. The minimum atomic E-state index is -4.46. The first kappa shape index (κ1) is 15.6. The van der Waals surface area contributed by atoms with Crippen molar-refractivity contribution in [3.05, 3.63) is 29.8 Å². The summed E-state index contributed by atoms with van der Waals surface area (Å²) in [4.78, 5) is 13.4. The molecule has 1 atom stereocenters. The molecule has 1 aromatic rings. The van der Waals surface area contributed by atoms with E-state index in [0.29, 0.717) is 6.61 Å². The van der Waals surface area contributed by atoms with Crippen LogP contribution in [0.15, 0.2) is 24.3 Å². The Hall–Kier alpha value is -1.80. The van der Waals surface area contributed by atoms with E-state index in [1.165, 1.54) is 17.0 Å². The lowest BCUT2D eigenvalue weighted by Crippen LogP contribution is -2.52. The summed E-state index contributed by atoms with van der Waals surface area (Å²) in [6.07, 6.45) is -4.46. The number of ether oxygens (including phenoxy) is 1. The average Bonchev–Trinajstić information content (AvgIpc) is 2.46. The second kappa shape index (κ2) is 6.31. The Labute approximate surface area is 119 Å². The highest BCUT2D eigenvalue weighted by Crippen LogP contribution is 2.30. The van der Waals surface area contributed by atoms with E-state index in [-0.39, 0.29) is 25.4 Å². The maximum atomic E-state index is 12.6. The number of nitrogens with one attached hydrogen (secondary N) is 1. The SMILES string of the molecule is O=C(Nc1cccc(C(F)(F)F)c1)N1CCOCC1CO. The summed E-state index contributed by atoms with van der Waals surface area (Å²) in [5.41, 5.74) is -0.779. The molecule has 5 nitrogen and oxygen atoms in total. The van der Waals surface area contributed by atoms with Gasteiger partial charge in [-0.1, -0.05) is 6.07 Å². The molecular formula is C13H15F3N2O3. The number of hydrogen-bond acceptors (Lipinski definition) is 3. The Morgan fingerprint density at radius 2 is 2.24 bits per heavy atom. The van der Waals surface area contributed by atoms with Crippen LogP contribution in [0.3, 0.4) is 0 Å². The van der Waals surface area contributed by atoms with Gasteiger partial charge in [-0.15, -0.1) is 0 Å². The molecule has 2 amide bonds. The number of alkyl halides is 3. The van der Waals surface area contributed by atoms with E-state index >= 15 is 0 Å². The van der Waals surface area contributed by atoms with Gasteiger partial charge in [0.05, 0.1) is 31.4 Å². The smallest absolute Gasteiger partial charge is 0.394 e. The number of hydrogen-bond donors (Lipinski definition) is 2. The summed E-state index contributed by atoms with van der Waals surface area (Å²) in [5, 5.41) is 11.6. The van der Waals surface area contributed by atoms with Crippen molar-refractivity contribution < 1.29 is 27.8 Å².